The summed E-state index contributed by atoms with van der Waals surface area (Å²) in [6.07, 6.45) is 2.06. The molecule has 0 spiro atoms. The van der Waals surface area contributed by atoms with Crippen LogP contribution >= 0.6 is 0 Å². The lowest BCUT2D eigenvalue weighted by atomic mass is 9.98. The van der Waals surface area contributed by atoms with Crippen LogP contribution in [0.2, 0.25) is 0 Å². The van der Waals surface area contributed by atoms with Crippen molar-refractivity contribution in [2.45, 2.75) is 31.8 Å². The molecule has 0 saturated carbocycles. The molecule has 0 radical (unpaired) electrons. The van der Waals surface area contributed by atoms with E-state index in [0.29, 0.717) is 12.1 Å². The van der Waals surface area contributed by atoms with E-state index in [1.54, 1.807) is 7.11 Å². The van der Waals surface area contributed by atoms with E-state index in [2.05, 4.69) is 72.9 Å². The molecule has 2 rings (SSSR count). The van der Waals surface area contributed by atoms with Gasteiger partial charge in [-0.2, -0.15) is 0 Å². The fourth-order valence-electron chi connectivity index (χ4n) is 2.69. The molecule has 0 aliphatic rings. The van der Waals surface area contributed by atoms with E-state index in [1.807, 2.05) is 0 Å². The second-order valence-electron chi connectivity index (χ2n) is 5.60. The fourth-order valence-corrected chi connectivity index (χ4v) is 2.69. The molecule has 2 heteroatoms. The fraction of sp³-hybridized carbons (Fsp3) is 0.368. The molecule has 1 N–H and O–H groups in total. The van der Waals surface area contributed by atoms with Crippen molar-refractivity contribution < 1.29 is 4.74 Å². The number of benzene rings is 2. The SMILES string of the molecule is COCC(C)NC(Cc1ccccc1)Cc1ccccc1. The smallest absolute Gasteiger partial charge is 0.0613 e. The number of ether oxygens (including phenoxy) is 1. The van der Waals surface area contributed by atoms with Crippen LogP contribution in [-0.4, -0.2) is 25.8 Å². The van der Waals surface area contributed by atoms with Gasteiger partial charge < -0.3 is 10.1 Å². The zero-order chi connectivity index (χ0) is 14.9. The highest BCUT2D eigenvalue weighted by Crippen LogP contribution is 2.10. The van der Waals surface area contributed by atoms with Crippen LogP contribution in [0.25, 0.3) is 0 Å². The van der Waals surface area contributed by atoms with Crippen molar-refractivity contribution in [2.24, 2.45) is 0 Å². The zero-order valence-electron chi connectivity index (χ0n) is 13.0. The Morgan fingerprint density at radius 1 is 0.857 bits per heavy atom. The lowest BCUT2D eigenvalue weighted by Gasteiger charge is -2.23. The molecule has 0 fully saturated rings. The molecule has 2 aromatic rings. The highest BCUT2D eigenvalue weighted by atomic mass is 16.5. The van der Waals surface area contributed by atoms with Crippen LogP contribution in [0, 0.1) is 0 Å². The Balaban J connectivity index is 2.02. The van der Waals surface area contributed by atoms with Crippen molar-refractivity contribution in [2.75, 3.05) is 13.7 Å². The Hall–Kier alpha value is -1.64. The monoisotopic (exact) mass is 283 g/mol. The molecule has 0 heterocycles. The maximum atomic E-state index is 5.24. The Morgan fingerprint density at radius 3 is 1.76 bits per heavy atom. The van der Waals surface area contributed by atoms with Gasteiger partial charge in [-0.3, -0.25) is 0 Å². The van der Waals surface area contributed by atoms with E-state index in [9.17, 15) is 0 Å². The van der Waals surface area contributed by atoms with Crippen molar-refractivity contribution >= 4 is 0 Å². The highest BCUT2D eigenvalue weighted by molar-refractivity contribution is 5.19. The van der Waals surface area contributed by atoms with E-state index in [1.165, 1.54) is 11.1 Å². The minimum atomic E-state index is 0.354. The van der Waals surface area contributed by atoms with Gasteiger partial charge in [0.15, 0.2) is 0 Å². The topological polar surface area (TPSA) is 21.3 Å². The maximum absolute atomic E-state index is 5.24. The summed E-state index contributed by atoms with van der Waals surface area (Å²) in [4.78, 5) is 0. The zero-order valence-corrected chi connectivity index (χ0v) is 13.0. The van der Waals surface area contributed by atoms with Gasteiger partial charge in [0.2, 0.25) is 0 Å². The summed E-state index contributed by atoms with van der Waals surface area (Å²) in [6, 6.07) is 22.1. The average Bonchev–Trinajstić information content (AvgIpc) is 2.49. The lowest BCUT2D eigenvalue weighted by molar-refractivity contribution is 0.166. The van der Waals surface area contributed by atoms with Gasteiger partial charge >= 0.3 is 0 Å². The van der Waals surface area contributed by atoms with E-state index in [4.69, 9.17) is 4.74 Å². The van der Waals surface area contributed by atoms with Crippen LogP contribution in [0.1, 0.15) is 18.1 Å². The first-order valence-corrected chi connectivity index (χ1v) is 7.60. The Bertz CT molecular complexity index is 456. The summed E-state index contributed by atoms with van der Waals surface area (Å²) in [5.41, 5.74) is 2.74. The largest absolute Gasteiger partial charge is 0.383 e. The van der Waals surface area contributed by atoms with Crippen molar-refractivity contribution in [3.05, 3.63) is 71.8 Å². The number of hydrogen-bond donors (Lipinski definition) is 1. The molecule has 112 valence electrons. The van der Waals surface area contributed by atoms with Crippen LogP contribution in [0.3, 0.4) is 0 Å². The number of hydrogen-bond acceptors (Lipinski definition) is 2. The van der Waals surface area contributed by atoms with Crippen molar-refractivity contribution in [1.82, 2.24) is 5.32 Å². The number of nitrogens with one attached hydrogen (secondary N) is 1. The summed E-state index contributed by atoms with van der Waals surface area (Å²) in [7, 11) is 1.75. The van der Waals surface area contributed by atoms with Gasteiger partial charge in [-0.05, 0) is 30.9 Å². The first-order valence-electron chi connectivity index (χ1n) is 7.60. The third-order valence-electron chi connectivity index (χ3n) is 3.59. The van der Waals surface area contributed by atoms with Crippen molar-refractivity contribution in [3.63, 3.8) is 0 Å². The van der Waals surface area contributed by atoms with Crippen molar-refractivity contribution in [3.8, 4) is 0 Å². The molecule has 2 nitrogen and oxygen atoms in total. The second-order valence-corrected chi connectivity index (χ2v) is 5.60. The minimum Gasteiger partial charge on any atom is -0.383 e. The van der Waals surface area contributed by atoms with Gasteiger partial charge in [-0.15, -0.1) is 0 Å². The molecule has 0 aliphatic carbocycles. The third-order valence-corrected chi connectivity index (χ3v) is 3.59. The molecule has 1 unspecified atom stereocenters. The predicted molar refractivity (Wildman–Crippen MR) is 88.6 cm³/mol. The Kier molecular flexibility index (Phi) is 6.45. The molecular weight excluding hydrogens is 258 g/mol. The predicted octanol–water partition coefficient (Wildman–Crippen LogP) is 3.46. The molecule has 1 atom stereocenters. The van der Waals surface area contributed by atoms with E-state index in [-0.39, 0.29) is 0 Å². The van der Waals surface area contributed by atoms with E-state index >= 15 is 0 Å². The Labute approximate surface area is 128 Å². The van der Waals surface area contributed by atoms with Gasteiger partial charge in [0.25, 0.3) is 0 Å². The van der Waals surface area contributed by atoms with Gasteiger partial charge in [0.1, 0.15) is 0 Å². The summed E-state index contributed by atoms with van der Waals surface area (Å²) in [5.74, 6) is 0. The van der Waals surface area contributed by atoms with Gasteiger partial charge in [0, 0.05) is 19.2 Å². The van der Waals surface area contributed by atoms with Crippen LogP contribution in [-0.2, 0) is 17.6 Å². The summed E-state index contributed by atoms with van der Waals surface area (Å²) in [6.45, 7) is 2.91. The number of methoxy groups -OCH3 is 1. The molecule has 0 aromatic heterocycles. The molecule has 0 amide bonds. The molecule has 0 bridgehead atoms. The van der Waals surface area contributed by atoms with Crippen LogP contribution in [0.4, 0.5) is 0 Å². The van der Waals surface area contributed by atoms with Crippen LogP contribution in [0.5, 0.6) is 0 Å². The molecular formula is C19H25NO. The summed E-state index contributed by atoms with van der Waals surface area (Å²) >= 11 is 0. The second kappa shape index (κ2) is 8.60. The first-order chi connectivity index (χ1) is 10.3. The summed E-state index contributed by atoms with van der Waals surface area (Å²) < 4.78 is 5.24. The van der Waals surface area contributed by atoms with E-state index < -0.39 is 0 Å². The quantitative estimate of drug-likeness (QED) is 0.801. The Morgan fingerprint density at radius 2 is 1.33 bits per heavy atom. The standard InChI is InChI=1S/C19H25NO/c1-16(15-21-2)20-19(13-17-9-5-3-6-10-17)14-18-11-7-4-8-12-18/h3-12,16,19-20H,13-15H2,1-2H3. The molecule has 0 aliphatic heterocycles. The van der Waals surface area contributed by atoms with Crippen LogP contribution in [0.15, 0.2) is 60.7 Å². The first kappa shape index (κ1) is 15.7. The van der Waals surface area contributed by atoms with Gasteiger partial charge in [-0.1, -0.05) is 60.7 Å². The highest BCUT2D eigenvalue weighted by Gasteiger charge is 2.13. The maximum Gasteiger partial charge on any atom is 0.0613 e. The van der Waals surface area contributed by atoms with Crippen molar-refractivity contribution in [1.29, 1.82) is 0 Å². The summed E-state index contributed by atoms with van der Waals surface area (Å²) in [5, 5.41) is 3.69. The van der Waals surface area contributed by atoms with Gasteiger partial charge in [-0.25, -0.2) is 0 Å². The minimum absolute atomic E-state index is 0.354. The molecule has 2 aromatic carbocycles. The lowest BCUT2D eigenvalue weighted by Crippen LogP contribution is -2.41. The molecule has 21 heavy (non-hydrogen) atoms. The van der Waals surface area contributed by atoms with Gasteiger partial charge in [0.05, 0.1) is 6.61 Å². The average molecular weight is 283 g/mol. The number of rotatable bonds is 8. The molecule has 0 saturated heterocycles. The van der Waals surface area contributed by atoms with Crippen LogP contribution < -0.4 is 5.32 Å². The third kappa shape index (κ3) is 5.70. The van der Waals surface area contributed by atoms with E-state index in [0.717, 1.165) is 19.4 Å². The normalized spacial score (nSPS) is 12.5.